The third-order valence-corrected chi connectivity index (χ3v) is 1.35. The predicted octanol–water partition coefficient (Wildman–Crippen LogP) is -1.38. The molecule has 0 aliphatic rings. The summed E-state index contributed by atoms with van der Waals surface area (Å²) in [4.78, 5) is 22.1. The Bertz CT molecular complexity index is 191. The molecule has 0 heterocycles. The number of hydrogen-bond donors (Lipinski definition) is 3. The molecule has 0 radical (unpaired) electrons. The van der Waals surface area contributed by atoms with Crippen LogP contribution in [-0.4, -0.2) is 51.5 Å². The molecule has 0 spiro atoms. The zero-order chi connectivity index (χ0) is 10.4. The lowest BCUT2D eigenvalue weighted by Gasteiger charge is -2.20. The Hall–Kier alpha value is -1.14. The quantitative estimate of drug-likeness (QED) is 0.465. The van der Waals surface area contributed by atoms with E-state index in [2.05, 4.69) is 0 Å². The fraction of sp³-hybridized carbons (Fsp3) is 0.714. The summed E-state index contributed by atoms with van der Waals surface area (Å²) in [6, 6.07) is 0. The molecule has 0 unspecified atom stereocenters. The molecule has 0 rings (SSSR count). The van der Waals surface area contributed by atoms with Gasteiger partial charge in [-0.05, 0) is 6.42 Å². The zero-order valence-electron chi connectivity index (χ0n) is 7.30. The topological polar surface area (TPSA) is 98.1 Å². The molecule has 6 heteroatoms. The van der Waals surface area contributed by atoms with Gasteiger partial charge in [0.1, 0.15) is 6.54 Å². The number of aliphatic hydroxyl groups excluding tert-OH is 1. The van der Waals surface area contributed by atoms with Crippen LogP contribution in [0.1, 0.15) is 13.3 Å². The molecule has 3 N–H and O–H groups in total. The van der Waals surface area contributed by atoms with E-state index in [1.54, 1.807) is 6.92 Å². The average Bonchev–Trinajstić information content (AvgIpc) is 2.01. The van der Waals surface area contributed by atoms with E-state index in [9.17, 15) is 9.59 Å². The first-order valence-corrected chi connectivity index (χ1v) is 3.85. The van der Waals surface area contributed by atoms with Gasteiger partial charge >= 0.3 is 5.97 Å². The largest absolute Gasteiger partial charge is 0.480 e. The van der Waals surface area contributed by atoms with Crippen molar-refractivity contribution in [2.45, 2.75) is 19.6 Å². The molecule has 0 aliphatic heterocycles. The summed E-state index contributed by atoms with van der Waals surface area (Å²) in [7, 11) is 0. The molecule has 76 valence electrons. The number of hydrogen-bond acceptors (Lipinski definition) is 4. The first-order chi connectivity index (χ1) is 5.99. The normalized spacial score (nSPS) is 10.2. The highest BCUT2D eigenvalue weighted by Crippen LogP contribution is 1.95. The van der Waals surface area contributed by atoms with Crippen molar-refractivity contribution < 1.29 is 24.9 Å². The minimum atomic E-state index is -2.13. The maximum atomic E-state index is 10.9. The van der Waals surface area contributed by atoms with Crippen molar-refractivity contribution in [1.29, 1.82) is 0 Å². The average molecular weight is 191 g/mol. The summed E-state index contributed by atoms with van der Waals surface area (Å²) >= 11 is 0. The van der Waals surface area contributed by atoms with E-state index in [1.807, 2.05) is 0 Å². The van der Waals surface area contributed by atoms with Crippen molar-refractivity contribution >= 4 is 11.9 Å². The molecule has 0 saturated carbocycles. The molecule has 0 aliphatic carbocycles. The molecule has 0 fully saturated rings. The number of carbonyl (C=O) groups excluding carboxylic acids is 1. The summed E-state index contributed by atoms with van der Waals surface area (Å²) in [6.45, 7) is 1.44. The van der Waals surface area contributed by atoms with E-state index >= 15 is 0 Å². The van der Waals surface area contributed by atoms with E-state index in [1.165, 1.54) is 0 Å². The van der Waals surface area contributed by atoms with Gasteiger partial charge in [0, 0.05) is 6.54 Å². The molecule has 1 amide bonds. The van der Waals surface area contributed by atoms with Gasteiger partial charge in [0.15, 0.2) is 0 Å². The summed E-state index contributed by atoms with van der Waals surface area (Å²) in [6.07, 6.45) is -1.57. The standard InChI is InChI=1S/C7H13NO5/c1-2-3-8(4-5(9)10)6(11)7(12)13/h7,12-13H,2-4H2,1H3,(H,9,10). The Morgan fingerprint density at radius 2 is 1.92 bits per heavy atom. The van der Waals surface area contributed by atoms with Crippen LogP contribution in [0.3, 0.4) is 0 Å². The number of rotatable bonds is 5. The number of carbonyl (C=O) groups is 2. The third-order valence-electron chi connectivity index (χ3n) is 1.35. The first-order valence-electron chi connectivity index (χ1n) is 3.85. The molecule has 0 atom stereocenters. The number of carboxylic acid groups (broad SMARTS) is 1. The molecule has 0 aromatic rings. The van der Waals surface area contributed by atoms with Gasteiger partial charge in [-0.1, -0.05) is 6.92 Å². The van der Waals surface area contributed by atoms with Gasteiger partial charge in [-0.2, -0.15) is 0 Å². The van der Waals surface area contributed by atoms with Crippen LogP contribution in [0.5, 0.6) is 0 Å². The van der Waals surface area contributed by atoms with Gasteiger partial charge in [0.2, 0.25) is 6.29 Å². The molecular formula is C7H13NO5. The SMILES string of the molecule is CCCN(CC(=O)O)C(=O)C(O)O. The summed E-state index contributed by atoms with van der Waals surface area (Å²) in [5.74, 6) is -2.16. The fourth-order valence-corrected chi connectivity index (χ4v) is 0.864. The lowest BCUT2D eigenvalue weighted by molar-refractivity contribution is -0.162. The number of amides is 1. The van der Waals surface area contributed by atoms with Crippen molar-refractivity contribution in [2.24, 2.45) is 0 Å². The number of carboxylic acids is 1. The predicted molar refractivity (Wildman–Crippen MR) is 42.7 cm³/mol. The summed E-state index contributed by atoms with van der Waals surface area (Å²) in [5.41, 5.74) is 0. The maximum Gasteiger partial charge on any atom is 0.323 e. The van der Waals surface area contributed by atoms with Crippen LogP contribution in [0.4, 0.5) is 0 Å². The van der Waals surface area contributed by atoms with Crippen LogP contribution in [-0.2, 0) is 9.59 Å². The molecule has 0 bridgehead atoms. The molecule has 13 heavy (non-hydrogen) atoms. The van der Waals surface area contributed by atoms with E-state index in [4.69, 9.17) is 15.3 Å². The zero-order valence-corrected chi connectivity index (χ0v) is 7.30. The van der Waals surface area contributed by atoms with Gasteiger partial charge in [-0.3, -0.25) is 9.59 Å². The summed E-state index contributed by atoms with van der Waals surface area (Å²) < 4.78 is 0. The van der Waals surface area contributed by atoms with Gasteiger partial charge in [0.25, 0.3) is 5.91 Å². The second-order valence-electron chi connectivity index (χ2n) is 2.53. The smallest absolute Gasteiger partial charge is 0.323 e. The third kappa shape index (κ3) is 4.44. The Morgan fingerprint density at radius 1 is 1.38 bits per heavy atom. The lowest BCUT2D eigenvalue weighted by Crippen LogP contribution is -2.42. The number of nitrogens with zero attached hydrogens (tertiary/aromatic N) is 1. The number of aliphatic hydroxyl groups is 2. The van der Waals surface area contributed by atoms with E-state index < -0.39 is 24.7 Å². The van der Waals surface area contributed by atoms with Crippen LogP contribution >= 0.6 is 0 Å². The van der Waals surface area contributed by atoms with Crippen molar-refractivity contribution in [3.05, 3.63) is 0 Å². The Balaban J connectivity index is 4.23. The lowest BCUT2D eigenvalue weighted by atomic mass is 10.3. The summed E-state index contributed by atoms with van der Waals surface area (Å²) in [5, 5.41) is 25.4. The molecule has 0 saturated heterocycles. The highest BCUT2D eigenvalue weighted by molar-refractivity contribution is 5.83. The molecular weight excluding hydrogens is 178 g/mol. The Labute approximate surface area is 75.4 Å². The van der Waals surface area contributed by atoms with Crippen molar-refractivity contribution in [3.8, 4) is 0 Å². The van der Waals surface area contributed by atoms with Crippen LogP contribution in [0.15, 0.2) is 0 Å². The Kier molecular flexibility index (Phi) is 5.01. The molecule has 0 aromatic heterocycles. The second kappa shape index (κ2) is 5.50. The van der Waals surface area contributed by atoms with E-state index in [-0.39, 0.29) is 6.54 Å². The van der Waals surface area contributed by atoms with Gasteiger partial charge in [-0.25, -0.2) is 0 Å². The van der Waals surface area contributed by atoms with E-state index in [0.29, 0.717) is 6.42 Å². The number of aliphatic carboxylic acids is 1. The minimum Gasteiger partial charge on any atom is -0.480 e. The van der Waals surface area contributed by atoms with Crippen LogP contribution in [0.2, 0.25) is 0 Å². The van der Waals surface area contributed by atoms with Gasteiger partial charge < -0.3 is 20.2 Å². The second-order valence-corrected chi connectivity index (χ2v) is 2.53. The van der Waals surface area contributed by atoms with Crippen LogP contribution in [0, 0.1) is 0 Å². The molecule has 6 nitrogen and oxygen atoms in total. The molecule has 0 aromatic carbocycles. The minimum absolute atomic E-state index is 0.197. The van der Waals surface area contributed by atoms with Crippen molar-refractivity contribution in [1.82, 2.24) is 4.90 Å². The van der Waals surface area contributed by atoms with Gasteiger partial charge in [0.05, 0.1) is 0 Å². The fourth-order valence-electron chi connectivity index (χ4n) is 0.864. The Morgan fingerprint density at radius 3 is 2.23 bits per heavy atom. The van der Waals surface area contributed by atoms with Crippen molar-refractivity contribution in [3.63, 3.8) is 0 Å². The van der Waals surface area contributed by atoms with Gasteiger partial charge in [-0.15, -0.1) is 0 Å². The highest BCUT2D eigenvalue weighted by atomic mass is 16.5. The maximum absolute atomic E-state index is 10.9. The van der Waals surface area contributed by atoms with Crippen LogP contribution in [0.25, 0.3) is 0 Å². The highest BCUT2D eigenvalue weighted by Gasteiger charge is 2.21. The first kappa shape index (κ1) is 11.9. The van der Waals surface area contributed by atoms with Crippen LogP contribution < -0.4 is 0 Å². The van der Waals surface area contributed by atoms with E-state index in [0.717, 1.165) is 4.90 Å². The monoisotopic (exact) mass is 191 g/mol. The van der Waals surface area contributed by atoms with Crippen molar-refractivity contribution in [2.75, 3.05) is 13.1 Å².